The molecule has 0 saturated heterocycles. The van der Waals surface area contributed by atoms with E-state index < -0.39 is 52.6 Å². The first-order valence-electron chi connectivity index (χ1n) is 17.2. The Morgan fingerprint density at radius 2 is 1.73 bits per heavy atom. The number of aromatic nitrogens is 1. The van der Waals surface area contributed by atoms with E-state index in [0.29, 0.717) is 29.8 Å². The molecule has 0 radical (unpaired) electrons. The fraction of sp³-hybridized carbons (Fsp3) is 0.500. The monoisotopic (exact) mass is 747 g/mol. The maximum atomic E-state index is 13.1. The van der Waals surface area contributed by atoms with Crippen LogP contribution in [-0.4, -0.2) is 95.1 Å². The van der Waals surface area contributed by atoms with Crippen molar-refractivity contribution < 1.29 is 48.2 Å². The maximum Gasteiger partial charge on any atom is 0.240 e. The molecule has 2 saturated carbocycles. The van der Waals surface area contributed by atoms with Crippen LogP contribution in [0.15, 0.2) is 65.8 Å². The summed E-state index contributed by atoms with van der Waals surface area (Å²) in [6.45, 7) is -0.919. The van der Waals surface area contributed by atoms with Crippen molar-refractivity contribution in [3.63, 3.8) is 0 Å². The van der Waals surface area contributed by atoms with Crippen LogP contribution in [0.2, 0.25) is 5.02 Å². The number of ether oxygens (including phenoxy) is 2. The molecule has 5 rings (SSSR count). The molecule has 51 heavy (non-hydrogen) atoms. The number of sulfonamides is 1. The van der Waals surface area contributed by atoms with E-state index in [1.165, 1.54) is 12.1 Å². The number of aliphatic hydroxyl groups is 5. The third-order valence-corrected chi connectivity index (χ3v) is 10.9. The van der Waals surface area contributed by atoms with Gasteiger partial charge in [0.1, 0.15) is 24.1 Å². The number of amides is 1. The Kier molecular flexibility index (Phi) is 13.4. The Morgan fingerprint density at radius 3 is 2.45 bits per heavy atom. The summed E-state index contributed by atoms with van der Waals surface area (Å²) >= 11 is 6.51. The van der Waals surface area contributed by atoms with Crippen LogP contribution in [0.1, 0.15) is 62.5 Å². The number of para-hydroxylation sites is 1. The van der Waals surface area contributed by atoms with Gasteiger partial charge in [-0.1, -0.05) is 36.2 Å². The van der Waals surface area contributed by atoms with E-state index in [2.05, 4.69) is 15.0 Å². The number of nitrogens with zero attached hydrogens (tertiary/aromatic N) is 1. The highest BCUT2D eigenvalue weighted by molar-refractivity contribution is 7.89. The van der Waals surface area contributed by atoms with E-state index in [0.717, 1.165) is 48.1 Å². The molecule has 15 heteroatoms. The molecule has 2 aliphatic rings. The quantitative estimate of drug-likeness (QED) is 0.0789. The average molecular weight is 748 g/mol. The standard InChI is InChI=1S/C36H46ClN3O10S/c37-29-12-11-25(51(47,48)40-16-5-1-2-8-33(44)39-20-30(42)34(45)35(46)31(43)21-41)18-23(29)22-49-36(14-15-36)28-19-38-17-13-26(28)27-6-3-4-7-32(27)50-24-9-10-24/h3-4,6-7,11-13,17-19,24,30-31,34-35,40-43,45-46H,1-2,5,8-10,14-16,20-22H2,(H,39,44)/t30-,31+,34+,35+/m0/s1. The first-order valence-corrected chi connectivity index (χ1v) is 19.0. The molecule has 1 heterocycles. The van der Waals surface area contributed by atoms with Crippen LogP contribution in [0, 0.1) is 0 Å². The second-order valence-electron chi connectivity index (χ2n) is 13.1. The number of benzene rings is 2. The summed E-state index contributed by atoms with van der Waals surface area (Å²) in [7, 11) is -3.86. The van der Waals surface area contributed by atoms with Gasteiger partial charge in [0.25, 0.3) is 0 Å². The lowest BCUT2D eigenvalue weighted by Crippen LogP contribution is -2.49. The van der Waals surface area contributed by atoms with Crippen molar-refractivity contribution in [2.24, 2.45) is 0 Å². The summed E-state index contributed by atoms with van der Waals surface area (Å²) in [5.74, 6) is 0.418. The van der Waals surface area contributed by atoms with E-state index in [1.807, 2.05) is 36.5 Å². The number of halogens is 1. The highest BCUT2D eigenvalue weighted by Gasteiger charge is 2.48. The molecular weight excluding hydrogens is 702 g/mol. The predicted octanol–water partition coefficient (Wildman–Crippen LogP) is 2.54. The Labute approximate surface area is 302 Å². The summed E-state index contributed by atoms with van der Waals surface area (Å²) < 4.78 is 41.5. The minimum Gasteiger partial charge on any atom is -0.490 e. The van der Waals surface area contributed by atoms with Crippen molar-refractivity contribution in [2.45, 2.75) is 99.0 Å². The number of nitrogens with one attached hydrogen (secondary N) is 2. The van der Waals surface area contributed by atoms with Crippen LogP contribution in [0.5, 0.6) is 5.75 Å². The van der Waals surface area contributed by atoms with Gasteiger partial charge in [0.05, 0.1) is 35.9 Å². The molecule has 13 nitrogen and oxygen atoms in total. The molecule has 278 valence electrons. The molecule has 2 aliphatic carbocycles. The van der Waals surface area contributed by atoms with Gasteiger partial charge in [-0.2, -0.15) is 0 Å². The summed E-state index contributed by atoms with van der Waals surface area (Å²) in [6, 6.07) is 14.4. The SMILES string of the molecule is O=C(CCCCCNS(=O)(=O)c1ccc(Cl)c(COC2(c3cnccc3-c3ccccc3OC3CC3)CC2)c1)NC[C@H](O)[C@@H](O)[C@H](O)[C@H](O)CO. The number of carbonyl (C=O) groups excluding carboxylic acids is 1. The zero-order valence-electron chi connectivity index (χ0n) is 28.2. The molecule has 1 aromatic heterocycles. The second-order valence-corrected chi connectivity index (χ2v) is 15.3. The van der Waals surface area contributed by atoms with Gasteiger partial charge in [-0.25, -0.2) is 13.1 Å². The van der Waals surface area contributed by atoms with E-state index in [1.54, 1.807) is 12.3 Å². The molecule has 7 N–H and O–H groups in total. The Balaban J connectivity index is 1.10. The average Bonchev–Trinajstić information content (AvgIpc) is 4.08. The van der Waals surface area contributed by atoms with Gasteiger partial charge in [-0.05, 0) is 80.0 Å². The predicted molar refractivity (Wildman–Crippen MR) is 188 cm³/mol. The zero-order valence-corrected chi connectivity index (χ0v) is 29.7. The third kappa shape index (κ3) is 10.5. The molecule has 1 amide bonds. The number of carbonyl (C=O) groups is 1. The van der Waals surface area contributed by atoms with Crippen LogP contribution < -0.4 is 14.8 Å². The van der Waals surface area contributed by atoms with Gasteiger partial charge in [-0.15, -0.1) is 0 Å². The first kappa shape index (κ1) is 39.0. The van der Waals surface area contributed by atoms with E-state index in [9.17, 15) is 33.6 Å². The number of hydrogen-bond acceptors (Lipinski definition) is 11. The molecule has 0 bridgehead atoms. The fourth-order valence-corrected chi connectivity index (χ4v) is 6.96. The van der Waals surface area contributed by atoms with E-state index >= 15 is 0 Å². The molecule has 0 unspecified atom stereocenters. The van der Waals surface area contributed by atoms with Crippen molar-refractivity contribution in [3.8, 4) is 16.9 Å². The third-order valence-electron chi connectivity index (χ3n) is 9.05. The highest BCUT2D eigenvalue weighted by atomic mass is 35.5. The van der Waals surface area contributed by atoms with Gasteiger partial charge in [0.15, 0.2) is 0 Å². The highest BCUT2D eigenvalue weighted by Crippen LogP contribution is 2.53. The number of pyridine rings is 1. The summed E-state index contributed by atoms with van der Waals surface area (Å²) in [6.07, 6.45) is 2.30. The Hall–Kier alpha value is -3.18. The molecule has 2 aromatic carbocycles. The van der Waals surface area contributed by atoms with Gasteiger partial charge in [0.2, 0.25) is 15.9 Å². The minimum atomic E-state index is -3.86. The Morgan fingerprint density at radius 1 is 0.980 bits per heavy atom. The number of aliphatic hydroxyl groups excluding tert-OH is 5. The molecule has 4 atom stereocenters. The van der Waals surface area contributed by atoms with Crippen LogP contribution in [0.4, 0.5) is 0 Å². The summed E-state index contributed by atoms with van der Waals surface area (Å²) in [5, 5.41) is 50.5. The van der Waals surface area contributed by atoms with Crippen molar-refractivity contribution >= 4 is 27.5 Å². The zero-order chi connectivity index (χ0) is 36.6. The van der Waals surface area contributed by atoms with Crippen LogP contribution >= 0.6 is 11.6 Å². The lowest BCUT2D eigenvalue weighted by Gasteiger charge is -2.25. The minimum absolute atomic E-state index is 0.0558. The van der Waals surface area contributed by atoms with Crippen LogP contribution in [0.25, 0.3) is 11.1 Å². The van der Waals surface area contributed by atoms with Gasteiger partial charge in [-0.3, -0.25) is 9.78 Å². The van der Waals surface area contributed by atoms with E-state index in [-0.39, 0.29) is 37.1 Å². The fourth-order valence-electron chi connectivity index (χ4n) is 5.67. The number of unbranched alkanes of at least 4 members (excludes halogenated alkanes) is 2. The molecule has 0 aliphatic heterocycles. The smallest absolute Gasteiger partial charge is 0.240 e. The van der Waals surface area contributed by atoms with Crippen LogP contribution in [0.3, 0.4) is 0 Å². The van der Waals surface area contributed by atoms with E-state index in [4.69, 9.17) is 26.2 Å². The lowest BCUT2D eigenvalue weighted by atomic mass is 9.96. The molecule has 0 spiro atoms. The van der Waals surface area contributed by atoms with Gasteiger partial charge < -0.3 is 40.3 Å². The van der Waals surface area contributed by atoms with Crippen molar-refractivity contribution in [2.75, 3.05) is 19.7 Å². The van der Waals surface area contributed by atoms with Gasteiger partial charge >= 0.3 is 0 Å². The van der Waals surface area contributed by atoms with Crippen molar-refractivity contribution in [1.82, 2.24) is 15.0 Å². The van der Waals surface area contributed by atoms with Crippen molar-refractivity contribution in [1.29, 1.82) is 0 Å². The molecule has 3 aromatic rings. The maximum absolute atomic E-state index is 13.1. The normalized spacial score (nSPS) is 17.7. The Bertz CT molecular complexity index is 1740. The van der Waals surface area contributed by atoms with Crippen molar-refractivity contribution in [3.05, 3.63) is 77.1 Å². The topological polar surface area (TPSA) is 208 Å². The first-order chi connectivity index (χ1) is 24.4. The number of hydrogen-bond donors (Lipinski definition) is 7. The molecular formula is C36H46ClN3O10S. The molecule has 2 fully saturated rings. The second kappa shape index (κ2) is 17.6. The summed E-state index contributed by atoms with van der Waals surface area (Å²) in [5.41, 5.74) is 2.86. The summed E-state index contributed by atoms with van der Waals surface area (Å²) in [4.78, 5) is 16.6. The van der Waals surface area contributed by atoms with Gasteiger partial charge in [0, 0.05) is 48.1 Å². The largest absolute Gasteiger partial charge is 0.490 e. The number of rotatable bonds is 21. The lowest BCUT2D eigenvalue weighted by molar-refractivity contribution is -0.126. The van der Waals surface area contributed by atoms with Crippen LogP contribution in [-0.2, 0) is 31.8 Å².